The van der Waals surface area contributed by atoms with Crippen molar-refractivity contribution in [2.24, 2.45) is 0 Å². The zero-order valence-corrected chi connectivity index (χ0v) is 11.5. The SMILES string of the molecule is Cc1ccc2c(c1)[nH]c(=S)n2C1CCCSC1. The molecular formula is C13H16N2S2. The van der Waals surface area contributed by atoms with Gasteiger partial charge in [0.1, 0.15) is 0 Å². The molecule has 1 aromatic carbocycles. The maximum atomic E-state index is 5.48. The number of nitrogens with zero attached hydrogens (tertiary/aromatic N) is 1. The molecule has 1 fully saturated rings. The Bertz CT molecular complexity index is 591. The largest absolute Gasteiger partial charge is 0.331 e. The van der Waals surface area contributed by atoms with E-state index < -0.39 is 0 Å². The summed E-state index contributed by atoms with van der Waals surface area (Å²) in [6.45, 7) is 2.12. The van der Waals surface area contributed by atoms with Crippen molar-refractivity contribution in [3.05, 3.63) is 28.5 Å². The van der Waals surface area contributed by atoms with Crippen LogP contribution < -0.4 is 0 Å². The highest BCUT2D eigenvalue weighted by atomic mass is 32.2. The van der Waals surface area contributed by atoms with Crippen LogP contribution in [0.2, 0.25) is 0 Å². The molecule has 1 unspecified atom stereocenters. The molecule has 1 atom stereocenters. The first kappa shape index (κ1) is 11.4. The molecule has 0 spiro atoms. The maximum Gasteiger partial charge on any atom is 0.178 e. The number of nitrogens with one attached hydrogen (secondary N) is 1. The van der Waals surface area contributed by atoms with Crippen molar-refractivity contribution in [3.8, 4) is 0 Å². The van der Waals surface area contributed by atoms with Crippen LogP contribution in [0.1, 0.15) is 24.4 Å². The molecule has 2 aromatic rings. The molecule has 1 aliphatic heterocycles. The number of aromatic amines is 1. The van der Waals surface area contributed by atoms with E-state index >= 15 is 0 Å². The fourth-order valence-corrected chi connectivity index (χ4v) is 4.02. The lowest BCUT2D eigenvalue weighted by Crippen LogP contribution is -2.16. The van der Waals surface area contributed by atoms with Crippen LogP contribution in [-0.4, -0.2) is 21.1 Å². The van der Waals surface area contributed by atoms with Gasteiger partial charge in [0.2, 0.25) is 0 Å². The van der Waals surface area contributed by atoms with Crippen LogP contribution in [0.25, 0.3) is 11.0 Å². The van der Waals surface area contributed by atoms with Crippen molar-refractivity contribution in [2.75, 3.05) is 11.5 Å². The third-order valence-corrected chi connectivity index (χ3v) is 4.87. The Hall–Kier alpha value is -0.740. The zero-order chi connectivity index (χ0) is 11.8. The summed E-state index contributed by atoms with van der Waals surface area (Å²) in [6, 6.07) is 7.10. The average molecular weight is 264 g/mol. The van der Waals surface area contributed by atoms with Crippen LogP contribution in [-0.2, 0) is 0 Å². The summed E-state index contributed by atoms with van der Waals surface area (Å²) >= 11 is 7.52. The van der Waals surface area contributed by atoms with E-state index in [-0.39, 0.29) is 0 Å². The minimum Gasteiger partial charge on any atom is -0.331 e. The minimum atomic E-state index is 0.567. The monoisotopic (exact) mass is 264 g/mol. The number of thioether (sulfide) groups is 1. The van der Waals surface area contributed by atoms with E-state index in [9.17, 15) is 0 Å². The lowest BCUT2D eigenvalue weighted by Gasteiger charge is -2.23. The van der Waals surface area contributed by atoms with E-state index in [1.807, 2.05) is 11.8 Å². The summed E-state index contributed by atoms with van der Waals surface area (Å²) < 4.78 is 3.19. The Labute approximate surface area is 110 Å². The summed E-state index contributed by atoms with van der Waals surface area (Å²) in [6.07, 6.45) is 2.55. The zero-order valence-electron chi connectivity index (χ0n) is 9.90. The van der Waals surface area contributed by atoms with Gasteiger partial charge in [-0.25, -0.2) is 0 Å². The number of imidazole rings is 1. The molecule has 4 heteroatoms. The van der Waals surface area contributed by atoms with Gasteiger partial charge < -0.3 is 9.55 Å². The van der Waals surface area contributed by atoms with Gasteiger partial charge in [0.25, 0.3) is 0 Å². The second kappa shape index (κ2) is 4.50. The maximum absolute atomic E-state index is 5.48. The molecule has 0 aliphatic carbocycles. The first-order valence-corrected chi connectivity index (χ1v) is 7.60. The molecule has 2 nitrogen and oxygen atoms in total. The van der Waals surface area contributed by atoms with Crippen molar-refractivity contribution >= 4 is 35.0 Å². The van der Waals surface area contributed by atoms with E-state index in [2.05, 4.69) is 34.7 Å². The van der Waals surface area contributed by atoms with Gasteiger partial charge in [0.15, 0.2) is 4.77 Å². The molecule has 0 saturated carbocycles. The van der Waals surface area contributed by atoms with Gasteiger partial charge in [-0.15, -0.1) is 0 Å². The van der Waals surface area contributed by atoms with Gasteiger partial charge in [0, 0.05) is 11.8 Å². The van der Waals surface area contributed by atoms with Crippen molar-refractivity contribution in [1.29, 1.82) is 0 Å². The van der Waals surface area contributed by atoms with E-state index in [1.165, 1.54) is 40.9 Å². The third-order valence-electron chi connectivity index (χ3n) is 3.37. The smallest absolute Gasteiger partial charge is 0.178 e. The summed E-state index contributed by atoms with van der Waals surface area (Å²) in [4.78, 5) is 3.33. The van der Waals surface area contributed by atoms with Crippen LogP contribution >= 0.6 is 24.0 Å². The number of benzene rings is 1. The van der Waals surface area contributed by atoms with Crippen molar-refractivity contribution in [1.82, 2.24) is 9.55 Å². The Balaban J connectivity index is 2.14. The molecule has 1 N–H and O–H groups in total. The second-order valence-electron chi connectivity index (χ2n) is 4.69. The summed E-state index contributed by atoms with van der Waals surface area (Å²) in [7, 11) is 0. The highest BCUT2D eigenvalue weighted by Crippen LogP contribution is 2.30. The van der Waals surface area contributed by atoms with Gasteiger partial charge in [-0.1, -0.05) is 6.07 Å². The number of aryl methyl sites for hydroxylation is 1. The molecule has 1 aliphatic rings. The molecular weight excluding hydrogens is 248 g/mol. The normalized spacial score (nSPS) is 20.9. The first-order valence-electron chi connectivity index (χ1n) is 6.04. The van der Waals surface area contributed by atoms with Gasteiger partial charge in [-0.2, -0.15) is 11.8 Å². The van der Waals surface area contributed by atoms with Crippen molar-refractivity contribution in [3.63, 3.8) is 0 Å². The van der Waals surface area contributed by atoms with E-state index in [0.29, 0.717) is 6.04 Å². The van der Waals surface area contributed by atoms with Crippen molar-refractivity contribution < 1.29 is 0 Å². The molecule has 2 heterocycles. The molecule has 0 bridgehead atoms. The molecule has 0 amide bonds. The standard InChI is InChI=1S/C13H16N2S2/c1-9-4-5-12-11(7-9)14-13(16)15(12)10-3-2-6-17-8-10/h4-5,7,10H,2-3,6,8H2,1H3,(H,14,16). The lowest BCUT2D eigenvalue weighted by atomic mass is 10.1. The number of hydrogen-bond acceptors (Lipinski definition) is 2. The quantitative estimate of drug-likeness (QED) is 0.784. The first-order chi connectivity index (χ1) is 8.25. The van der Waals surface area contributed by atoms with Crippen molar-refractivity contribution in [2.45, 2.75) is 25.8 Å². The Morgan fingerprint density at radius 3 is 3.12 bits per heavy atom. The Morgan fingerprint density at radius 2 is 2.35 bits per heavy atom. The van der Waals surface area contributed by atoms with Crippen LogP contribution in [0, 0.1) is 11.7 Å². The number of aromatic nitrogens is 2. The molecule has 3 rings (SSSR count). The number of hydrogen-bond donors (Lipinski definition) is 1. The average Bonchev–Trinajstić information content (AvgIpc) is 2.65. The fourth-order valence-electron chi connectivity index (χ4n) is 2.53. The van der Waals surface area contributed by atoms with Gasteiger partial charge >= 0.3 is 0 Å². The minimum absolute atomic E-state index is 0.567. The third kappa shape index (κ3) is 2.04. The molecule has 1 aromatic heterocycles. The van der Waals surface area contributed by atoms with E-state index in [0.717, 1.165) is 4.77 Å². The highest BCUT2D eigenvalue weighted by Gasteiger charge is 2.18. The predicted molar refractivity (Wildman–Crippen MR) is 77.5 cm³/mol. The number of fused-ring (bicyclic) bond motifs is 1. The number of H-pyrrole nitrogens is 1. The topological polar surface area (TPSA) is 20.7 Å². The highest BCUT2D eigenvalue weighted by molar-refractivity contribution is 7.99. The van der Waals surface area contributed by atoms with E-state index in [1.54, 1.807) is 0 Å². The molecule has 1 saturated heterocycles. The summed E-state index contributed by atoms with van der Waals surface area (Å²) in [5.41, 5.74) is 3.71. The predicted octanol–water partition coefficient (Wildman–Crippen LogP) is 4.08. The van der Waals surface area contributed by atoms with Crippen LogP contribution in [0.4, 0.5) is 0 Å². The second-order valence-corrected chi connectivity index (χ2v) is 6.23. The Kier molecular flexibility index (Phi) is 3.01. The van der Waals surface area contributed by atoms with Gasteiger partial charge in [-0.05, 0) is 55.4 Å². The van der Waals surface area contributed by atoms with E-state index in [4.69, 9.17) is 12.2 Å². The number of rotatable bonds is 1. The van der Waals surface area contributed by atoms with Gasteiger partial charge in [-0.3, -0.25) is 0 Å². The summed E-state index contributed by atoms with van der Waals surface area (Å²) in [5.74, 6) is 2.49. The molecule has 90 valence electrons. The lowest BCUT2D eigenvalue weighted by molar-refractivity contribution is 0.506. The van der Waals surface area contributed by atoms with Crippen LogP contribution in [0.3, 0.4) is 0 Å². The Morgan fingerprint density at radius 1 is 1.47 bits per heavy atom. The van der Waals surface area contributed by atoms with Crippen LogP contribution in [0.5, 0.6) is 0 Å². The van der Waals surface area contributed by atoms with Gasteiger partial charge in [0.05, 0.1) is 11.0 Å². The fraction of sp³-hybridized carbons (Fsp3) is 0.462. The molecule has 0 radical (unpaired) electrons. The van der Waals surface area contributed by atoms with Crippen LogP contribution in [0.15, 0.2) is 18.2 Å². The summed E-state index contributed by atoms with van der Waals surface area (Å²) in [5, 5.41) is 0. The molecule has 17 heavy (non-hydrogen) atoms.